The molecule has 0 fully saturated rings. The van der Waals surface area contributed by atoms with E-state index in [-0.39, 0.29) is 35.5 Å². The number of carboxylic acid groups (broad SMARTS) is 1. The predicted octanol–water partition coefficient (Wildman–Crippen LogP) is 1.88. The van der Waals surface area contributed by atoms with Gasteiger partial charge < -0.3 is 20.0 Å². The number of aliphatic carboxylic acids is 1. The fraction of sp³-hybridized carbons (Fsp3) is 0.680. The Kier molecular flexibility index (Phi) is 17.9. The predicted molar refractivity (Wildman–Crippen MR) is 119 cm³/mol. The number of unbranched alkanes of at least 4 members (excludes halogenated alkanes) is 9. The summed E-state index contributed by atoms with van der Waals surface area (Å²) in [4.78, 5) is 23.5. The molecule has 0 aliphatic heterocycles. The molecule has 0 aliphatic rings. The second-order valence-corrected chi connectivity index (χ2v) is 8.53. The fourth-order valence-electron chi connectivity index (χ4n) is 3.41. The minimum atomic E-state index is -1.26. The Morgan fingerprint density at radius 3 is 1.90 bits per heavy atom. The molecule has 170 valence electrons. The zero-order chi connectivity index (χ0) is 22.2. The molecule has 0 heterocycles. The number of carbonyl (C=O) groups is 2. The van der Waals surface area contributed by atoms with Crippen molar-refractivity contribution in [2.75, 3.05) is 6.61 Å². The summed E-state index contributed by atoms with van der Waals surface area (Å²) >= 11 is 0. The molecule has 0 bridgehead atoms. The van der Waals surface area contributed by atoms with Crippen LogP contribution in [0, 0.1) is 5.92 Å². The van der Waals surface area contributed by atoms with Gasteiger partial charge in [-0.3, -0.25) is 4.79 Å². The van der Waals surface area contributed by atoms with E-state index in [1.807, 2.05) is 13.8 Å². The van der Waals surface area contributed by atoms with Crippen LogP contribution in [-0.2, 0) is 4.79 Å². The minimum Gasteiger partial charge on any atom is -0.548 e. The maximum absolute atomic E-state index is 12.3. The summed E-state index contributed by atoms with van der Waals surface area (Å²) in [5.74, 6) is -0.796. The molecule has 1 rings (SSSR count). The molecular formula is C25H40NNaO4. The van der Waals surface area contributed by atoms with Crippen LogP contribution in [0.25, 0.3) is 0 Å². The van der Waals surface area contributed by atoms with Crippen LogP contribution >= 0.6 is 0 Å². The van der Waals surface area contributed by atoms with Crippen molar-refractivity contribution in [1.29, 1.82) is 0 Å². The first-order valence-corrected chi connectivity index (χ1v) is 11.7. The van der Waals surface area contributed by atoms with E-state index in [1.54, 1.807) is 24.3 Å². The molecule has 0 saturated heterocycles. The summed E-state index contributed by atoms with van der Waals surface area (Å²) in [6, 6.07) is 5.84. The van der Waals surface area contributed by atoms with Gasteiger partial charge in [0.15, 0.2) is 0 Å². The van der Waals surface area contributed by atoms with Crippen LogP contribution in [0.15, 0.2) is 24.3 Å². The van der Waals surface area contributed by atoms with Crippen molar-refractivity contribution in [3.8, 4) is 5.75 Å². The number of benzene rings is 1. The zero-order valence-electron chi connectivity index (χ0n) is 20.1. The smallest absolute Gasteiger partial charge is 0.548 e. The second-order valence-electron chi connectivity index (χ2n) is 8.53. The van der Waals surface area contributed by atoms with Gasteiger partial charge in [0.1, 0.15) is 5.75 Å². The van der Waals surface area contributed by atoms with E-state index in [0.717, 1.165) is 12.2 Å². The summed E-state index contributed by atoms with van der Waals surface area (Å²) in [6.07, 6.45) is 13.2. The van der Waals surface area contributed by atoms with E-state index in [4.69, 9.17) is 4.74 Å². The van der Waals surface area contributed by atoms with Crippen molar-refractivity contribution in [3.05, 3.63) is 29.8 Å². The molecule has 0 spiro atoms. The first kappa shape index (κ1) is 30.0. The molecule has 5 nitrogen and oxygen atoms in total. The van der Waals surface area contributed by atoms with Crippen LogP contribution < -0.4 is 44.7 Å². The maximum Gasteiger partial charge on any atom is 1.00 e. The number of carbonyl (C=O) groups excluding carboxylic acids is 2. The topological polar surface area (TPSA) is 78.5 Å². The third-order valence-corrected chi connectivity index (χ3v) is 5.18. The Balaban J connectivity index is 0.00000900. The van der Waals surface area contributed by atoms with Crippen LogP contribution in [0.4, 0.5) is 0 Å². The van der Waals surface area contributed by atoms with Crippen LogP contribution in [0.5, 0.6) is 5.75 Å². The van der Waals surface area contributed by atoms with Crippen molar-refractivity contribution in [2.45, 2.75) is 97.4 Å². The van der Waals surface area contributed by atoms with Gasteiger partial charge in [-0.15, -0.1) is 0 Å². The second kappa shape index (κ2) is 18.5. The Morgan fingerprint density at radius 2 is 1.42 bits per heavy atom. The number of hydrogen-bond acceptors (Lipinski definition) is 4. The van der Waals surface area contributed by atoms with E-state index in [2.05, 4.69) is 12.2 Å². The first-order valence-electron chi connectivity index (χ1n) is 11.7. The van der Waals surface area contributed by atoms with Gasteiger partial charge >= 0.3 is 29.6 Å². The standard InChI is InChI=1S/C25H41NO4.Na/c1-4-5-6-7-8-9-10-11-12-13-18-30-22-16-14-21(15-17-22)24(27)26-23(25(28)29)19-20(2)3;/h14-17,20,23H,4-13,18-19H2,1-3H3,(H,26,27)(H,28,29);/q;+1/p-1/t23-;/m1./s1. The van der Waals surface area contributed by atoms with Crippen molar-refractivity contribution in [1.82, 2.24) is 5.32 Å². The summed E-state index contributed by atoms with van der Waals surface area (Å²) in [7, 11) is 0. The molecule has 0 aliphatic carbocycles. The molecule has 6 heteroatoms. The van der Waals surface area contributed by atoms with Crippen molar-refractivity contribution >= 4 is 11.9 Å². The Bertz CT molecular complexity index is 604. The molecule has 1 aromatic rings. The summed E-state index contributed by atoms with van der Waals surface area (Å²) < 4.78 is 5.75. The Hall–Kier alpha value is -1.04. The molecule has 1 amide bonds. The molecule has 0 radical (unpaired) electrons. The Morgan fingerprint density at radius 1 is 0.903 bits per heavy atom. The van der Waals surface area contributed by atoms with E-state index in [0.29, 0.717) is 18.6 Å². The zero-order valence-corrected chi connectivity index (χ0v) is 22.1. The molecule has 31 heavy (non-hydrogen) atoms. The summed E-state index contributed by atoms with van der Waals surface area (Å²) in [5, 5.41) is 13.7. The molecule has 0 saturated carbocycles. The van der Waals surface area contributed by atoms with Gasteiger partial charge in [0.05, 0.1) is 18.6 Å². The van der Waals surface area contributed by atoms with E-state index >= 15 is 0 Å². The summed E-state index contributed by atoms with van der Waals surface area (Å²) in [6.45, 7) is 6.73. The average Bonchev–Trinajstić information content (AvgIpc) is 2.71. The van der Waals surface area contributed by atoms with Crippen LogP contribution in [0.2, 0.25) is 0 Å². The largest absolute Gasteiger partial charge is 1.00 e. The number of rotatable bonds is 17. The van der Waals surface area contributed by atoms with Gasteiger partial charge in [-0.05, 0) is 43.0 Å². The number of ether oxygens (including phenoxy) is 1. The minimum absolute atomic E-state index is 0. The quantitative estimate of drug-likeness (QED) is 0.296. The van der Waals surface area contributed by atoms with E-state index < -0.39 is 17.9 Å². The third kappa shape index (κ3) is 14.6. The van der Waals surface area contributed by atoms with Gasteiger partial charge in [0, 0.05) is 5.56 Å². The molecule has 1 N–H and O–H groups in total. The van der Waals surface area contributed by atoms with Crippen molar-refractivity contribution < 1.29 is 49.0 Å². The third-order valence-electron chi connectivity index (χ3n) is 5.18. The van der Waals surface area contributed by atoms with Gasteiger partial charge in [-0.1, -0.05) is 78.6 Å². The molecule has 1 atom stereocenters. The number of hydrogen-bond donors (Lipinski definition) is 1. The fourth-order valence-corrected chi connectivity index (χ4v) is 3.41. The van der Waals surface area contributed by atoms with Gasteiger partial charge in [-0.25, -0.2) is 0 Å². The number of amides is 1. The van der Waals surface area contributed by atoms with Gasteiger partial charge in [-0.2, -0.15) is 0 Å². The number of nitrogens with one attached hydrogen (secondary N) is 1. The monoisotopic (exact) mass is 441 g/mol. The molecule has 1 aromatic carbocycles. The number of carboxylic acids is 1. The van der Waals surface area contributed by atoms with Crippen molar-refractivity contribution in [3.63, 3.8) is 0 Å². The normalized spacial score (nSPS) is 11.6. The Labute approximate surface area is 211 Å². The molecule has 0 unspecified atom stereocenters. The van der Waals surface area contributed by atoms with E-state index in [1.165, 1.54) is 57.8 Å². The van der Waals surface area contributed by atoms with E-state index in [9.17, 15) is 14.7 Å². The van der Waals surface area contributed by atoms with Gasteiger partial charge in [0.25, 0.3) is 5.91 Å². The van der Waals surface area contributed by atoms with Crippen molar-refractivity contribution in [2.24, 2.45) is 5.92 Å². The summed E-state index contributed by atoms with van der Waals surface area (Å²) in [5.41, 5.74) is 0.413. The van der Waals surface area contributed by atoms with Crippen LogP contribution in [-0.4, -0.2) is 24.5 Å². The SMILES string of the molecule is CCCCCCCCCCCCOc1ccc(C(=O)N[C@H](CC(C)C)C(=O)[O-])cc1.[Na+]. The average molecular weight is 442 g/mol. The molecular weight excluding hydrogens is 401 g/mol. The van der Waals surface area contributed by atoms with Crippen LogP contribution in [0.3, 0.4) is 0 Å². The maximum atomic E-state index is 12.3. The molecule has 0 aromatic heterocycles. The van der Waals surface area contributed by atoms with Crippen LogP contribution in [0.1, 0.15) is 102 Å². The van der Waals surface area contributed by atoms with Gasteiger partial charge in [0.2, 0.25) is 0 Å². The first-order chi connectivity index (χ1) is 14.4.